The molecule has 0 aliphatic carbocycles. The van der Waals surface area contributed by atoms with Gasteiger partial charge in [0.05, 0.1) is 11.6 Å². The Kier molecular flexibility index (Phi) is 2.97. The van der Waals surface area contributed by atoms with Gasteiger partial charge in [0.25, 0.3) is 0 Å². The molecule has 0 atom stereocenters. The summed E-state index contributed by atoms with van der Waals surface area (Å²) in [5.41, 5.74) is 6.18. The van der Waals surface area contributed by atoms with E-state index in [-0.39, 0.29) is 0 Å². The fourth-order valence-electron chi connectivity index (χ4n) is 2.80. The first-order chi connectivity index (χ1) is 9.28. The van der Waals surface area contributed by atoms with Crippen LogP contribution in [0.15, 0.2) is 42.5 Å². The van der Waals surface area contributed by atoms with Gasteiger partial charge in [-0.15, -0.1) is 0 Å². The highest BCUT2D eigenvalue weighted by Gasteiger charge is 2.20. The fourth-order valence-corrected chi connectivity index (χ4v) is 2.80. The highest BCUT2D eigenvalue weighted by Crippen LogP contribution is 2.32. The largest absolute Gasteiger partial charge is 0.366 e. The van der Waals surface area contributed by atoms with E-state index >= 15 is 0 Å². The topological polar surface area (TPSA) is 27.0 Å². The molecule has 0 bridgehead atoms. The smallest absolute Gasteiger partial charge is 0.0991 e. The summed E-state index contributed by atoms with van der Waals surface area (Å²) >= 11 is 0. The minimum Gasteiger partial charge on any atom is -0.366 e. The number of hydrogen-bond acceptors (Lipinski definition) is 2. The first-order valence-electron chi connectivity index (χ1n) is 6.60. The average Bonchev–Trinajstić information content (AvgIpc) is 2.84. The van der Waals surface area contributed by atoms with Crippen LogP contribution in [-0.4, -0.2) is 6.54 Å². The van der Waals surface area contributed by atoms with Crippen LogP contribution in [0.5, 0.6) is 0 Å². The number of hydrogen-bond donors (Lipinski definition) is 0. The van der Waals surface area contributed by atoms with Crippen molar-refractivity contribution in [1.82, 2.24) is 0 Å². The third-order valence-corrected chi connectivity index (χ3v) is 3.75. The third kappa shape index (κ3) is 2.20. The summed E-state index contributed by atoms with van der Waals surface area (Å²) in [7, 11) is 0. The lowest BCUT2D eigenvalue weighted by molar-refractivity contribution is 0.834. The van der Waals surface area contributed by atoms with Gasteiger partial charge in [0.1, 0.15) is 0 Å². The van der Waals surface area contributed by atoms with Crippen molar-refractivity contribution >= 4 is 5.69 Å². The Bertz CT molecular complexity index is 635. The van der Waals surface area contributed by atoms with Crippen LogP contribution >= 0.6 is 0 Å². The Morgan fingerprint density at radius 3 is 2.68 bits per heavy atom. The molecule has 0 spiro atoms. The fraction of sp³-hybridized carbons (Fsp3) is 0.235. The number of nitriles is 1. The summed E-state index contributed by atoms with van der Waals surface area (Å²) in [5, 5.41) is 8.82. The number of para-hydroxylation sites is 1. The maximum absolute atomic E-state index is 8.82. The number of fused-ring (bicyclic) bond motifs is 1. The molecule has 0 N–H and O–H groups in total. The maximum Gasteiger partial charge on any atom is 0.0991 e. The van der Waals surface area contributed by atoms with Crippen LogP contribution in [0.4, 0.5) is 5.69 Å². The number of nitrogens with zero attached hydrogens (tertiary/aromatic N) is 2. The van der Waals surface area contributed by atoms with Crippen molar-refractivity contribution in [2.24, 2.45) is 0 Å². The molecule has 0 saturated heterocycles. The van der Waals surface area contributed by atoms with Gasteiger partial charge in [0.2, 0.25) is 0 Å². The third-order valence-electron chi connectivity index (χ3n) is 3.75. The highest BCUT2D eigenvalue weighted by molar-refractivity contribution is 5.63. The summed E-state index contributed by atoms with van der Waals surface area (Å²) < 4.78 is 0. The van der Waals surface area contributed by atoms with Gasteiger partial charge >= 0.3 is 0 Å². The van der Waals surface area contributed by atoms with Gasteiger partial charge in [-0.25, -0.2) is 0 Å². The molecule has 2 nitrogen and oxygen atoms in total. The van der Waals surface area contributed by atoms with E-state index in [2.05, 4.69) is 48.2 Å². The van der Waals surface area contributed by atoms with Gasteiger partial charge in [-0.05, 0) is 42.2 Å². The molecule has 0 unspecified atom stereocenters. The Morgan fingerprint density at radius 1 is 1.16 bits per heavy atom. The quantitative estimate of drug-likeness (QED) is 0.814. The zero-order chi connectivity index (χ0) is 13.2. The van der Waals surface area contributed by atoms with Gasteiger partial charge in [-0.2, -0.15) is 5.26 Å². The van der Waals surface area contributed by atoms with Crippen molar-refractivity contribution in [3.05, 3.63) is 64.7 Å². The van der Waals surface area contributed by atoms with Crippen molar-refractivity contribution in [2.45, 2.75) is 19.9 Å². The second kappa shape index (κ2) is 4.78. The van der Waals surface area contributed by atoms with Crippen LogP contribution in [-0.2, 0) is 13.0 Å². The molecule has 0 amide bonds. The van der Waals surface area contributed by atoms with Crippen LogP contribution in [0.1, 0.15) is 22.3 Å². The number of benzene rings is 2. The summed E-state index contributed by atoms with van der Waals surface area (Å²) in [6.07, 6.45) is 1.13. The average molecular weight is 248 g/mol. The highest BCUT2D eigenvalue weighted by atomic mass is 15.1. The SMILES string of the molecule is Cc1cccc2c1N(Cc1ccc(C#N)cc1)CC2. The molecule has 2 aromatic rings. The molecule has 0 radical (unpaired) electrons. The molecular weight excluding hydrogens is 232 g/mol. The van der Waals surface area contributed by atoms with Gasteiger partial charge in [-0.3, -0.25) is 0 Å². The molecule has 1 heterocycles. The first-order valence-corrected chi connectivity index (χ1v) is 6.60. The molecule has 2 heteroatoms. The minimum absolute atomic E-state index is 0.724. The number of rotatable bonds is 2. The van der Waals surface area contributed by atoms with E-state index in [4.69, 9.17) is 5.26 Å². The van der Waals surface area contributed by atoms with E-state index in [1.807, 2.05) is 12.1 Å². The van der Waals surface area contributed by atoms with Crippen LogP contribution in [0, 0.1) is 18.3 Å². The van der Waals surface area contributed by atoms with Gasteiger partial charge in [0, 0.05) is 18.8 Å². The van der Waals surface area contributed by atoms with E-state index in [9.17, 15) is 0 Å². The zero-order valence-electron chi connectivity index (χ0n) is 11.1. The van der Waals surface area contributed by atoms with E-state index in [1.54, 1.807) is 0 Å². The van der Waals surface area contributed by atoms with E-state index in [0.717, 1.165) is 25.1 Å². The molecule has 0 fully saturated rings. The van der Waals surface area contributed by atoms with E-state index < -0.39 is 0 Å². The van der Waals surface area contributed by atoms with Gasteiger partial charge in [-0.1, -0.05) is 30.3 Å². The zero-order valence-corrected chi connectivity index (χ0v) is 11.1. The van der Waals surface area contributed by atoms with Crippen LogP contribution < -0.4 is 4.90 Å². The van der Waals surface area contributed by atoms with Crippen LogP contribution in [0.2, 0.25) is 0 Å². The molecule has 1 aliphatic rings. The Hall–Kier alpha value is -2.27. The lowest BCUT2D eigenvalue weighted by atomic mass is 10.1. The molecule has 19 heavy (non-hydrogen) atoms. The minimum atomic E-state index is 0.724. The predicted octanol–water partition coefficient (Wildman–Crippen LogP) is 3.43. The lowest BCUT2D eigenvalue weighted by Gasteiger charge is -2.21. The summed E-state index contributed by atoms with van der Waals surface area (Å²) in [6, 6.07) is 16.6. The van der Waals surface area contributed by atoms with Crippen molar-refractivity contribution < 1.29 is 0 Å². The van der Waals surface area contributed by atoms with E-state index in [0.29, 0.717) is 0 Å². The Labute approximate surface area is 113 Å². The molecule has 2 aromatic carbocycles. The molecule has 1 aliphatic heterocycles. The molecule has 0 aromatic heterocycles. The maximum atomic E-state index is 8.82. The summed E-state index contributed by atoms with van der Waals surface area (Å²) in [6.45, 7) is 4.18. The second-order valence-electron chi connectivity index (χ2n) is 5.06. The molecule has 0 saturated carbocycles. The van der Waals surface area contributed by atoms with Gasteiger partial charge in [0.15, 0.2) is 0 Å². The van der Waals surface area contributed by atoms with Crippen LogP contribution in [0.25, 0.3) is 0 Å². The standard InChI is InChI=1S/C17H16N2/c1-13-3-2-4-16-9-10-19(17(13)16)12-15-7-5-14(11-18)6-8-15/h2-8H,9-10,12H2,1H3. The van der Waals surface area contributed by atoms with Crippen molar-refractivity contribution in [2.75, 3.05) is 11.4 Å². The molecule has 94 valence electrons. The molecular formula is C17H16N2. The van der Waals surface area contributed by atoms with Crippen LogP contribution in [0.3, 0.4) is 0 Å². The number of anilines is 1. The predicted molar refractivity (Wildman–Crippen MR) is 77.1 cm³/mol. The lowest BCUT2D eigenvalue weighted by Crippen LogP contribution is -2.20. The summed E-state index contributed by atoms with van der Waals surface area (Å²) in [4.78, 5) is 2.44. The normalized spacial score (nSPS) is 13.2. The monoisotopic (exact) mass is 248 g/mol. The van der Waals surface area contributed by atoms with Crippen molar-refractivity contribution in [3.63, 3.8) is 0 Å². The summed E-state index contributed by atoms with van der Waals surface area (Å²) in [5.74, 6) is 0. The Balaban J connectivity index is 1.85. The van der Waals surface area contributed by atoms with Crippen molar-refractivity contribution in [3.8, 4) is 6.07 Å². The molecule has 3 rings (SSSR count). The Morgan fingerprint density at radius 2 is 1.95 bits per heavy atom. The second-order valence-corrected chi connectivity index (χ2v) is 5.06. The first kappa shape index (κ1) is 11.8. The van der Waals surface area contributed by atoms with Crippen molar-refractivity contribution in [1.29, 1.82) is 5.26 Å². The number of aryl methyl sites for hydroxylation is 1. The van der Waals surface area contributed by atoms with E-state index in [1.165, 1.54) is 22.4 Å². The van der Waals surface area contributed by atoms with Gasteiger partial charge < -0.3 is 4.90 Å².